The molecule has 0 spiro atoms. The Balaban J connectivity index is 1.78. The van der Waals surface area contributed by atoms with E-state index in [1.54, 1.807) is 19.5 Å². The zero-order chi connectivity index (χ0) is 18.6. The number of hydrogen-bond acceptors (Lipinski definition) is 6. The number of ether oxygens (including phenoxy) is 1. The highest BCUT2D eigenvalue weighted by Gasteiger charge is 2.19. The van der Waals surface area contributed by atoms with Crippen LogP contribution in [0, 0.1) is 0 Å². The van der Waals surface area contributed by atoms with Gasteiger partial charge in [-0.05, 0) is 57.9 Å². The van der Waals surface area contributed by atoms with Gasteiger partial charge in [0.05, 0.1) is 11.6 Å². The molecule has 0 aliphatic rings. The number of anilines is 2. The van der Waals surface area contributed by atoms with Crippen molar-refractivity contribution in [3.05, 3.63) is 71.5 Å². The van der Waals surface area contributed by atoms with Crippen LogP contribution in [0.2, 0.25) is 0 Å². The SMILES string of the molecule is COc1c(Br)ccc(-c2nnc(Nc3ccccc3)s2)c1-c1ccncc1. The number of methoxy groups -OCH3 is 1. The minimum atomic E-state index is 0.735. The average Bonchev–Trinajstić information content (AvgIpc) is 3.17. The summed E-state index contributed by atoms with van der Waals surface area (Å²) in [6.45, 7) is 0. The molecule has 1 N–H and O–H groups in total. The summed E-state index contributed by atoms with van der Waals surface area (Å²) in [4.78, 5) is 4.11. The first-order valence-electron chi connectivity index (χ1n) is 8.19. The van der Waals surface area contributed by atoms with Crippen molar-refractivity contribution in [2.45, 2.75) is 0 Å². The van der Waals surface area contributed by atoms with Crippen molar-refractivity contribution in [2.24, 2.45) is 0 Å². The van der Waals surface area contributed by atoms with Gasteiger partial charge in [-0.2, -0.15) is 0 Å². The summed E-state index contributed by atoms with van der Waals surface area (Å²) in [6, 6.07) is 17.8. The van der Waals surface area contributed by atoms with Crippen LogP contribution in [0.25, 0.3) is 21.7 Å². The van der Waals surface area contributed by atoms with E-state index in [2.05, 4.69) is 36.4 Å². The molecule has 2 heterocycles. The van der Waals surface area contributed by atoms with Gasteiger partial charge >= 0.3 is 0 Å². The first-order valence-corrected chi connectivity index (χ1v) is 9.80. The molecule has 0 saturated carbocycles. The number of nitrogens with one attached hydrogen (secondary N) is 1. The Labute approximate surface area is 169 Å². The molecule has 0 unspecified atom stereocenters. The van der Waals surface area contributed by atoms with Crippen LogP contribution in [0.5, 0.6) is 5.75 Å². The van der Waals surface area contributed by atoms with Crippen LogP contribution in [0.1, 0.15) is 0 Å². The lowest BCUT2D eigenvalue weighted by molar-refractivity contribution is 0.414. The second kappa shape index (κ2) is 7.85. The van der Waals surface area contributed by atoms with Gasteiger partial charge in [-0.25, -0.2) is 0 Å². The zero-order valence-corrected chi connectivity index (χ0v) is 16.8. The number of para-hydroxylation sites is 1. The third-order valence-corrected chi connectivity index (χ3v) is 5.46. The largest absolute Gasteiger partial charge is 0.495 e. The van der Waals surface area contributed by atoms with E-state index in [1.165, 1.54) is 11.3 Å². The van der Waals surface area contributed by atoms with E-state index < -0.39 is 0 Å². The standard InChI is InChI=1S/C20H15BrN4OS/c1-26-18-16(21)8-7-15(17(18)13-9-11-22-12-10-13)19-24-25-20(27-19)23-14-5-3-2-4-6-14/h2-12H,1H3,(H,23,25). The van der Waals surface area contributed by atoms with E-state index in [9.17, 15) is 0 Å². The van der Waals surface area contributed by atoms with E-state index >= 15 is 0 Å². The van der Waals surface area contributed by atoms with Gasteiger partial charge in [-0.3, -0.25) is 4.98 Å². The van der Waals surface area contributed by atoms with Crippen LogP contribution >= 0.6 is 27.3 Å². The number of hydrogen-bond donors (Lipinski definition) is 1. The van der Waals surface area contributed by atoms with Gasteiger partial charge < -0.3 is 10.1 Å². The number of nitrogens with zero attached hydrogens (tertiary/aromatic N) is 3. The monoisotopic (exact) mass is 438 g/mol. The van der Waals surface area contributed by atoms with E-state index in [1.807, 2.05) is 54.6 Å². The van der Waals surface area contributed by atoms with Gasteiger partial charge in [-0.15, -0.1) is 10.2 Å². The summed E-state index contributed by atoms with van der Waals surface area (Å²) < 4.78 is 6.55. The Morgan fingerprint density at radius 2 is 1.74 bits per heavy atom. The second-order valence-corrected chi connectivity index (χ2v) is 7.47. The Morgan fingerprint density at radius 1 is 0.963 bits per heavy atom. The molecule has 7 heteroatoms. The molecule has 27 heavy (non-hydrogen) atoms. The molecule has 0 aliphatic heterocycles. The van der Waals surface area contributed by atoms with E-state index in [0.29, 0.717) is 0 Å². The summed E-state index contributed by atoms with van der Waals surface area (Å²) in [5, 5.41) is 13.5. The van der Waals surface area contributed by atoms with E-state index in [0.717, 1.165) is 42.7 Å². The molecular weight excluding hydrogens is 424 g/mol. The maximum Gasteiger partial charge on any atom is 0.210 e. The molecule has 0 fully saturated rings. The fraction of sp³-hybridized carbons (Fsp3) is 0.0500. The van der Waals surface area contributed by atoms with Crippen molar-refractivity contribution in [1.29, 1.82) is 0 Å². The molecule has 0 saturated heterocycles. The number of benzene rings is 2. The molecule has 134 valence electrons. The Hall–Kier alpha value is -2.77. The predicted octanol–water partition coefficient (Wildman–Crippen LogP) is 5.78. The molecule has 4 aromatic rings. The fourth-order valence-electron chi connectivity index (χ4n) is 2.77. The third kappa shape index (κ3) is 3.70. The molecule has 0 atom stereocenters. The molecular formula is C20H15BrN4OS. The lowest BCUT2D eigenvalue weighted by atomic mass is 10.00. The number of rotatable bonds is 5. The van der Waals surface area contributed by atoms with Gasteiger partial charge in [0, 0.05) is 29.2 Å². The lowest BCUT2D eigenvalue weighted by Crippen LogP contribution is -1.93. The number of aromatic nitrogens is 3. The molecule has 2 aromatic heterocycles. The minimum Gasteiger partial charge on any atom is -0.495 e. The highest BCUT2D eigenvalue weighted by Crippen LogP contribution is 2.44. The van der Waals surface area contributed by atoms with Crippen molar-refractivity contribution in [1.82, 2.24) is 15.2 Å². The molecule has 0 aliphatic carbocycles. The highest BCUT2D eigenvalue weighted by atomic mass is 79.9. The molecule has 4 rings (SSSR count). The minimum absolute atomic E-state index is 0.735. The topological polar surface area (TPSA) is 59.9 Å². The third-order valence-electron chi connectivity index (χ3n) is 3.96. The highest BCUT2D eigenvalue weighted by molar-refractivity contribution is 9.10. The zero-order valence-electron chi connectivity index (χ0n) is 14.4. The fourth-order valence-corrected chi connectivity index (χ4v) is 4.06. The van der Waals surface area contributed by atoms with Gasteiger partial charge in [0.25, 0.3) is 0 Å². The van der Waals surface area contributed by atoms with Crippen LogP contribution in [0.3, 0.4) is 0 Å². The summed E-state index contributed by atoms with van der Waals surface area (Å²) in [5.41, 5.74) is 3.89. The molecule has 2 aromatic carbocycles. The van der Waals surface area contributed by atoms with Crippen molar-refractivity contribution in [2.75, 3.05) is 12.4 Å². The summed E-state index contributed by atoms with van der Waals surface area (Å²) in [7, 11) is 1.66. The van der Waals surface area contributed by atoms with Crippen LogP contribution < -0.4 is 10.1 Å². The quantitative estimate of drug-likeness (QED) is 0.427. The van der Waals surface area contributed by atoms with Crippen LogP contribution in [0.15, 0.2) is 71.5 Å². The van der Waals surface area contributed by atoms with Crippen LogP contribution in [0.4, 0.5) is 10.8 Å². The Kier molecular flexibility index (Phi) is 5.13. The number of pyridine rings is 1. The van der Waals surface area contributed by atoms with Crippen LogP contribution in [-0.4, -0.2) is 22.3 Å². The summed E-state index contributed by atoms with van der Waals surface area (Å²) in [5.74, 6) is 0.756. The smallest absolute Gasteiger partial charge is 0.210 e. The van der Waals surface area contributed by atoms with Crippen molar-refractivity contribution < 1.29 is 4.74 Å². The molecule has 0 amide bonds. The first-order chi connectivity index (χ1) is 13.3. The Bertz CT molecular complexity index is 1050. The van der Waals surface area contributed by atoms with Gasteiger partial charge in [-0.1, -0.05) is 29.5 Å². The predicted molar refractivity (Wildman–Crippen MR) is 113 cm³/mol. The lowest BCUT2D eigenvalue weighted by Gasteiger charge is -2.14. The molecule has 0 bridgehead atoms. The van der Waals surface area contributed by atoms with Gasteiger partial charge in [0.1, 0.15) is 10.8 Å². The van der Waals surface area contributed by atoms with Gasteiger partial charge in [0.15, 0.2) is 0 Å². The molecule has 0 radical (unpaired) electrons. The first kappa shape index (κ1) is 17.6. The van der Waals surface area contributed by atoms with Crippen molar-refractivity contribution >= 4 is 38.1 Å². The van der Waals surface area contributed by atoms with Crippen molar-refractivity contribution in [3.63, 3.8) is 0 Å². The van der Waals surface area contributed by atoms with Gasteiger partial charge in [0.2, 0.25) is 5.13 Å². The second-order valence-electron chi connectivity index (χ2n) is 5.64. The molecule has 5 nitrogen and oxygen atoms in total. The maximum atomic E-state index is 5.67. The van der Waals surface area contributed by atoms with Crippen LogP contribution in [-0.2, 0) is 0 Å². The van der Waals surface area contributed by atoms with E-state index in [4.69, 9.17) is 4.74 Å². The summed E-state index contributed by atoms with van der Waals surface area (Å²) in [6.07, 6.45) is 3.53. The number of halogens is 1. The average molecular weight is 439 g/mol. The normalized spacial score (nSPS) is 10.6. The van der Waals surface area contributed by atoms with Crippen molar-refractivity contribution in [3.8, 4) is 27.4 Å². The summed E-state index contributed by atoms with van der Waals surface area (Å²) >= 11 is 5.07. The Morgan fingerprint density at radius 3 is 2.48 bits per heavy atom. The maximum absolute atomic E-state index is 5.67. The van der Waals surface area contributed by atoms with E-state index in [-0.39, 0.29) is 0 Å².